The van der Waals surface area contributed by atoms with Crippen molar-refractivity contribution in [1.29, 1.82) is 0 Å². The van der Waals surface area contributed by atoms with Crippen molar-refractivity contribution in [2.24, 2.45) is 0 Å². The molecule has 18 heavy (non-hydrogen) atoms. The lowest BCUT2D eigenvalue weighted by Gasteiger charge is -2.14. The van der Waals surface area contributed by atoms with Crippen molar-refractivity contribution < 1.29 is 13.2 Å². The van der Waals surface area contributed by atoms with Gasteiger partial charge in [-0.1, -0.05) is 18.6 Å². The minimum absolute atomic E-state index is 0.168. The summed E-state index contributed by atoms with van der Waals surface area (Å²) in [5, 5.41) is 0. The van der Waals surface area contributed by atoms with Crippen LogP contribution in [0.2, 0.25) is 6.04 Å². The molecule has 1 aromatic rings. The van der Waals surface area contributed by atoms with Crippen LogP contribution in [0, 0.1) is 5.82 Å². The molecule has 0 aliphatic carbocycles. The number of rotatable bonds is 9. The molecule has 1 rings (SSSR count). The van der Waals surface area contributed by atoms with E-state index in [0.717, 1.165) is 38.5 Å². The van der Waals surface area contributed by atoms with Gasteiger partial charge in [0.15, 0.2) is 0 Å². The van der Waals surface area contributed by atoms with Gasteiger partial charge in [0, 0.05) is 13.2 Å². The zero-order valence-corrected chi connectivity index (χ0v) is 12.5. The maximum absolute atomic E-state index is 12.7. The molecule has 102 valence electrons. The molecular formula is C14H23FO2Si. The molecule has 0 heterocycles. The summed E-state index contributed by atoms with van der Waals surface area (Å²) in [5.74, 6) is -0.168. The number of aryl methyl sites for hydroxylation is 1. The summed E-state index contributed by atoms with van der Waals surface area (Å²) in [4.78, 5) is 0. The van der Waals surface area contributed by atoms with Crippen LogP contribution in [-0.4, -0.2) is 22.5 Å². The zero-order valence-electron chi connectivity index (χ0n) is 11.3. The highest BCUT2D eigenvalue weighted by Crippen LogP contribution is 2.10. The maximum atomic E-state index is 12.7. The van der Waals surface area contributed by atoms with Crippen LogP contribution in [0.5, 0.6) is 0 Å². The Kier molecular flexibility index (Phi) is 7.88. The highest BCUT2D eigenvalue weighted by Gasteiger charge is 2.11. The van der Waals surface area contributed by atoms with Crippen LogP contribution in [0.25, 0.3) is 0 Å². The van der Waals surface area contributed by atoms with Crippen molar-refractivity contribution in [3.8, 4) is 0 Å². The Morgan fingerprint density at radius 1 is 1.00 bits per heavy atom. The fourth-order valence-electron chi connectivity index (χ4n) is 1.88. The van der Waals surface area contributed by atoms with Crippen LogP contribution < -0.4 is 0 Å². The smallest absolute Gasteiger partial charge is 0.321 e. The van der Waals surface area contributed by atoms with E-state index in [1.165, 1.54) is 17.7 Å². The van der Waals surface area contributed by atoms with Crippen molar-refractivity contribution in [3.63, 3.8) is 0 Å². The van der Waals surface area contributed by atoms with Crippen LogP contribution in [0.3, 0.4) is 0 Å². The largest absolute Gasteiger partial charge is 0.397 e. The highest BCUT2D eigenvalue weighted by atomic mass is 28.3. The average Bonchev–Trinajstić information content (AvgIpc) is 2.37. The van der Waals surface area contributed by atoms with E-state index in [0.29, 0.717) is 0 Å². The third-order valence-corrected chi connectivity index (χ3v) is 5.06. The number of halogens is 1. The van der Waals surface area contributed by atoms with Gasteiger partial charge in [-0.3, -0.25) is 0 Å². The van der Waals surface area contributed by atoms with Gasteiger partial charge in [-0.25, -0.2) is 4.39 Å². The van der Waals surface area contributed by atoms with E-state index in [-0.39, 0.29) is 5.82 Å². The molecule has 0 atom stereocenters. The zero-order chi connectivity index (χ0) is 13.2. The topological polar surface area (TPSA) is 18.5 Å². The summed E-state index contributed by atoms with van der Waals surface area (Å²) in [6, 6.07) is 7.81. The molecule has 0 spiro atoms. The summed E-state index contributed by atoms with van der Waals surface area (Å²) in [5.41, 5.74) is 1.20. The monoisotopic (exact) mass is 270 g/mol. The number of benzene rings is 1. The summed E-state index contributed by atoms with van der Waals surface area (Å²) in [6.45, 7) is 5.51. The van der Waals surface area contributed by atoms with Gasteiger partial charge in [-0.15, -0.1) is 0 Å². The molecule has 0 aromatic heterocycles. The molecule has 0 bridgehead atoms. The predicted octanol–water partition coefficient (Wildman–Crippen LogP) is 3.44. The standard InChI is InChI=1S/C14H23FO2Si/c1-3-16-18(17-4-2)12-6-5-7-13-8-10-14(15)11-9-13/h8-11,18H,3-7,12H2,1-2H3. The van der Waals surface area contributed by atoms with E-state index < -0.39 is 9.28 Å². The summed E-state index contributed by atoms with van der Waals surface area (Å²) in [7, 11) is -1.43. The van der Waals surface area contributed by atoms with Gasteiger partial charge >= 0.3 is 9.28 Å². The van der Waals surface area contributed by atoms with Gasteiger partial charge in [-0.05, 0) is 50.4 Å². The molecule has 0 fully saturated rings. The predicted molar refractivity (Wildman–Crippen MR) is 74.5 cm³/mol. The van der Waals surface area contributed by atoms with Gasteiger partial charge in [0.25, 0.3) is 0 Å². The molecule has 4 heteroatoms. The maximum Gasteiger partial charge on any atom is 0.321 e. The second kappa shape index (κ2) is 9.25. The van der Waals surface area contributed by atoms with Gasteiger partial charge < -0.3 is 8.85 Å². The van der Waals surface area contributed by atoms with E-state index in [1.807, 2.05) is 26.0 Å². The molecule has 0 radical (unpaired) electrons. The average molecular weight is 270 g/mol. The SMILES string of the molecule is CCO[SiH](CCCCc1ccc(F)cc1)OCC. The molecule has 0 unspecified atom stereocenters. The van der Waals surface area contributed by atoms with E-state index in [4.69, 9.17) is 8.85 Å². The Hall–Kier alpha value is -0.713. The molecule has 2 nitrogen and oxygen atoms in total. The molecule has 0 aliphatic heterocycles. The second-order valence-electron chi connectivity index (χ2n) is 4.21. The van der Waals surface area contributed by atoms with Gasteiger partial charge in [0.1, 0.15) is 5.82 Å². The summed E-state index contributed by atoms with van der Waals surface area (Å²) < 4.78 is 24.0. The second-order valence-corrected chi connectivity index (χ2v) is 6.32. The van der Waals surface area contributed by atoms with Gasteiger partial charge in [0.2, 0.25) is 0 Å². The first-order chi connectivity index (χ1) is 8.76. The van der Waals surface area contributed by atoms with Crippen molar-refractivity contribution in [2.45, 2.75) is 39.2 Å². The molecule has 0 saturated carbocycles. The Labute approximate surface area is 111 Å². The number of unbranched alkanes of at least 4 members (excludes halogenated alkanes) is 1. The number of hydrogen-bond acceptors (Lipinski definition) is 2. The molecule has 0 amide bonds. The fraction of sp³-hybridized carbons (Fsp3) is 0.571. The first-order valence-electron chi connectivity index (χ1n) is 6.74. The van der Waals surface area contributed by atoms with Crippen LogP contribution in [0.15, 0.2) is 24.3 Å². The molecular weight excluding hydrogens is 247 g/mol. The van der Waals surface area contributed by atoms with Crippen LogP contribution in [-0.2, 0) is 15.3 Å². The normalized spacial score (nSPS) is 11.1. The van der Waals surface area contributed by atoms with Crippen LogP contribution in [0.4, 0.5) is 4.39 Å². The van der Waals surface area contributed by atoms with Gasteiger partial charge in [-0.2, -0.15) is 0 Å². The quantitative estimate of drug-likeness (QED) is 0.505. The van der Waals surface area contributed by atoms with E-state index in [1.54, 1.807) is 0 Å². The fourth-order valence-corrected chi connectivity index (χ4v) is 3.67. The first kappa shape index (κ1) is 15.3. The minimum atomic E-state index is -1.43. The summed E-state index contributed by atoms with van der Waals surface area (Å²) >= 11 is 0. The Balaban J connectivity index is 2.18. The van der Waals surface area contributed by atoms with Crippen molar-refractivity contribution in [2.75, 3.05) is 13.2 Å². The van der Waals surface area contributed by atoms with Crippen LogP contribution in [0.1, 0.15) is 32.3 Å². The van der Waals surface area contributed by atoms with E-state index in [9.17, 15) is 4.39 Å². The summed E-state index contributed by atoms with van der Waals surface area (Å²) in [6.07, 6.45) is 3.23. The Morgan fingerprint density at radius 3 is 2.17 bits per heavy atom. The molecule has 1 aromatic carbocycles. The lowest BCUT2D eigenvalue weighted by molar-refractivity contribution is 0.212. The molecule has 0 aliphatic rings. The molecule has 0 N–H and O–H groups in total. The minimum Gasteiger partial charge on any atom is -0.397 e. The van der Waals surface area contributed by atoms with Crippen LogP contribution >= 0.6 is 0 Å². The first-order valence-corrected chi connectivity index (χ1v) is 8.49. The lowest BCUT2D eigenvalue weighted by atomic mass is 10.1. The van der Waals surface area contributed by atoms with E-state index >= 15 is 0 Å². The van der Waals surface area contributed by atoms with E-state index in [2.05, 4.69) is 0 Å². The van der Waals surface area contributed by atoms with Gasteiger partial charge in [0.05, 0.1) is 0 Å². The third-order valence-electron chi connectivity index (χ3n) is 2.77. The third kappa shape index (κ3) is 6.28. The highest BCUT2D eigenvalue weighted by molar-refractivity contribution is 6.44. The molecule has 0 saturated heterocycles. The lowest BCUT2D eigenvalue weighted by Crippen LogP contribution is -2.22. The van der Waals surface area contributed by atoms with Crippen molar-refractivity contribution >= 4 is 9.28 Å². The Bertz CT molecular complexity index is 310. The number of hydrogen-bond donors (Lipinski definition) is 0. The van der Waals surface area contributed by atoms with Crippen molar-refractivity contribution in [3.05, 3.63) is 35.6 Å². The Morgan fingerprint density at radius 2 is 1.61 bits per heavy atom. The van der Waals surface area contributed by atoms with Crippen molar-refractivity contribution in [1.82, 2.24) is 0 Å².